The van der Waals surface area contributed by atoms with Crippen molar-refractivity contribution >= 4 is 5.91 Å². The molecule has 6 heteroatoms. The largest absolute Gasteiger partial charge is 0.497 e. The molecule has 2 bridgehead atoms. The van der Waals surface area contributed by atoms with Crippen molar-refractivity contribution in [2.45, 2.75) is 25.4 Å². The third-order valence-electron chi connectivity index (χ3n) is 5.76. The molecule has 0 unspecified atom stereocenters. The number of fused-ring (bicyclic) bond motifs is 4. The fourth-order valence-electron chi connectivity index (χ4n) is 4.37. The third kappa shape index (κ3) is 3.97. The van der Waals surface area contributed by atoms with Crippen LogP contribution in [0, 0.1) is 5.92 Å². The Bertz CT molecular complexity index is 805. The summed E-state index contributed by atoms with van der Waals surface area (Å²) in [5.74, 6) is 1.84. The summed E-state index contributed by atoms with van der Waals surface area (Å²) < 4.78 is 10.7. The topological polar surface area (TPSA) is 54.9 Å². The number of aromatic nitrogens is 1. The molecule has 1 amide bonds. The van der Waals surface area contributed by atoms with E-state index in [0.29, 0.717) is 23.0 Å². The number of piperidine rings is 1. The quantitative estimate of drug-likeness (QED) is 0.797. The second-order valence-corrected chi connectivity index (χ2v) is 7.67. The van der Waals surface area contributed by atoms with Crippen LogP contribution in [0.4, 0.5) is 0 Å². The molecule has 3 aliphatic heterocycles. The molecule has 1 aromatic heterocycles. The summed E-state index contributed by atoms with van der Waals surface area (Å²) in [7, 11) is 3.21. The molecule has 3 aliphatic rings. The van der Waals surface area contributed by atoms with E-state index in [1.807, 2.05) is 18.3 Å². The Morgan fingerprint density at radius 3 is 2.54 bits per heavy atom. The Morgan fingerprint density at radius 1 is 1.07 bits per heavy atom. The number of hydrogen-bond acceptors (Lipinski definition) is 5. The van der Waals surface area contributed by atoms with Crippen molar-refractivity contribution in [3.8, 4) is 11.5 Å². The van der Waals surface area contributed by atoms with Crippen LogP contribution in [0.2, 0.25) is 0 Å². The maximum Gasteiger partial charge on any atom is 0.254 e. The molecular weight excluding hydrogens is 354 g/mol. The van der Waals surface area contributed by atoms with Gasteiger partial charge in [-0.05, 0) is 43.0 Å². The minimum absolute atomic E-state index is 0.0617. The summed E-state index contributed by atoms with van der Waals surface area (Å²) in [5.41, 5.74) is 1.71. The summed E-state index contributed by atoms with van der Waals surface area (Å²) in [6, 6.07) is 11.7. The molecule has 0 spiro atoms. The van der Waals surface area contributed by atoms with Crippen molar-refractivity contribution in [1.29, 1.82) is 0 Å². The average molecular weight is 381 g/mol. The van der Waals surface area contributed by atoms with E-state index in [-0.39, 0.29) is 11.9 Å². The first-order valence-electron chi connectivity index (χ1n) is 9.82. The monoisotopic (exact) mass is 381 g/mol. The van der Waals surface area contributed by atoms with Crippen LogP contribution in [0.25, 0.3) is 0 Å². The lowest BCUT2D eigenvalue weighted by atomic mass is 9.94. The lowest BCUT2D eigenvalue weighted by Gasteiger charge is -2.36. The van der Waals surface area contributed by atoms with Crippen LogP contribution in [0.1, 0.15) is 28.9 Å². The molecule has 4 heterocycles. The van der Waals surface area contributed by atoms with Crippen LogP contribution in [-0.4, -0.2) is 60.6 Å². The predicted molar refractivity (Wildman–Crippen MR) is 107 cm³/mol. The maximum absolute atomic E-state index is 13.3. The van der Waals surface area contributed by atoms with Gasteiger partial charge in [-0.2, -0.15) is 0 Å². The number of rotatable bonds is 5. The Hall–Kier alpha value is -2.60. The molecule has 28 heavy (non-hydrogen) atoms. The first-order chi connectivity index (χ1) is 13.7. The van der Waals surface area contributed by atoms with Crippen LogP contribution in [0.3, 0.4) is 0 Å². The van der Waals surface area contributed by atoms with Gasteiger partial charge in [-0.25, -0.2) is 0 Å². The molecule has 0 aliphatic carbocycles. The Kier molecular flexibility index (Phi) is 5.48. The van der Waals surface area contributed by atoms with Crippen molar-refractivity contribution in [1.82, 2.24) is 14.8 Å². The van der Waals surface area contributed by atoms with E-state index in [4.69, 9.17) is 9.47 Å². The average Bonchev–Trinajstić information content (AvgIpc) is 3.04. The summed E-state index contributed by atoms with van der Waals surface area (Å²) in [6.07, 6.45) is 4.07. The van der Waals surface area contributed by atoms with Gasteiger partial charge in [0.2, 0.25) is 0 Å². The molecule has 6 nitrogen and oxygen atoms in total. The van der Waals surface area contributed by atoms with Gasteiger partial charge in [0.15, 0.2) is 0 Å². The first-order valence-corrected chi connectivity index (χ1v) is 9.82. The highest BCUT2D eigenvalue weighted by Gasteiger charge is 2.37. The van der Waals surface area contributed by atoms with Crippen LogP contribution >= 0.6 is 0 Å². The number of carbonyl (C=O) groups is 1. The van der Waals surface area contributed by atoms with E-state index in [9.17, 15) is 4.79 Å². The number of hydrogen-bond donors (Lipinski definition) is 0. The maximum atomic E-state index is 13.3. The highest BCUT2D eigenvalue weighted by Crippen LogP contribution is 2.31. The minimum atomic E-state index is 0.0617. The van der Waals surface area contributed by atoms with E-state index in [1.54, 1.807) is 32.4 Å². The number of benzene rings is 1. The van der Waals surface area contributed by atoms with Gasteiger partial charge in [-0.1, -0.05) is 6.07 Å². The van der Waals surface area contributed by atoms with Gasteiger partial charge in [0.25, 0.3) is 5.91 Å². The number of nitrogens with zero attached hydrogens (tertiary/aromatic N) is 3. The van der Waals surface area contributed by atoms with Gasteiger partial charge in [0, 0.05) is 50.0 Å². The summed E-state index contributed by atoms with van der Waals surface area (Å²) >= 11 is 0. The molecular formula is C22H27N3O3. The fraction of sp³-hybridized carbons (Fsp3) is 0.455. The zero-order chi connectivity index (χ0) is 19.5. The number of amides is 1. The van der Waals surface area contributed by atoms with E-state index in [1.165, 1.54) is 6.42 Å². The molecule has 0 radical (unpaired) electrons. The van der Waals surface area contributed by atoms with Crippen molar-refractivity contribution in [3.63, 3.8) is 0 Å². The van der Waals surface area contributed by atoms with E-state index in [0.717, 1.165) is 38.3 Å². The second kappa shape index (κ2) is 8.19. The molecule has 2 aromatic rings. The number of pyridine rings is 1. The summed E-state index contributed by atoms with van der Waals surface area (Å²) in [5, 5.41) is 0. The Balaban J connectivity index is 1.52. The number of carbonyl (C=O) groups excluding carboxylic acids is 1. The van der Waals surface area contributed by atoms with Gasteiger partial charge >= 0.3 is 0 Å². The molecule has 148 valence electrons. The fourth-order valence-corrected chi connectivity index (χ4v) is 4.37. The lowest BCUT2D eigenvalue weighted by molar-refractivity contribution is 0.0584. The molecule has 2 atom stereocenters. The number of ether oxygens (including phenoxy) is 2. The van der Waals surface area contributed by atoms with Gasteiger partial charge < -0.3 is 14.4 Å². The molecule has 3 fully saturated rings. The predicted octanol–water partition coefficient (Wildman–Crippen LogP) is 2.84. The van der Waals surface area contributed by atoms with Crippen molar-refractivity contribution in [3.05, 3.63) is 53.9 Å². The molecule has 0 N–H and O–H groups in total. The van der Waals surface area contributed by atoms with Crippen molar-refractivity contribution in [2.24, 2.45) is 5.92 Å². The normalized spacial score (nSPS) is 22.0. The van der Waals surface area contributed by atoms with Crippen molar-refractivity contribution in [2.75, 3.05) is 33.9 Å². The zero-order valence-electron chi connectivity index (χ0n) is 16.5. The summed E-state index contributed by atoms with van der Waals surface area (Å²) in [4.78, 5) is 22.3. The van der Waals surface area contributed by atoms with Gasteiger partial charge in [0.05, 0.1) is 19.9 Å². The smallest absolute Gasteiger partial charge is 0.254 e. The second-order valence-electron chi connectivity index (χ2n) is 7.67. The highest BCUT2D eigenvalue weighted by atomic mass is 16.5. The van der Waals surface area contributed by atoms with Crippen molar-refractivity contribution < 1.29 is 14.3 Å². The van der Waals surface area contributed by atoms with Gasteiger partial charge in [-0.15, -0.1) is 0 Å². The number of methoxy groups -OCH3 is 2. The van der Waals surface area contributed by atoms with Gasteiger partial charge in [0.1, 0.15) is 11.5 Å². The zero-order valence-corrected chi connectivity index (χ0v) is 16.5. The van der Waals surface area contributed by atoms with E-state index >= 15 is 0 Å². The lowest BCUT2D eigenvalue weighted by Crippen LogP contribution is -2.47. The van der Waals surface area contributed by atoms with Gasteiger partial charge in [-0.3, -0.25) is 14.7 Å². The van der Waals surface area contributed by atoms with E-state index < -0.39 is 0 Å². The van der Waals surface area contributed by atoms with Crippen LogP contribution < -0.4 is 9.47 Å². The van der Waals surface area contributed by atoms with Crippen LogP contribution in [0.5, 0.6) is 11.5 Å². The third-order valence-corrected chi connectivity index (χ3v) is 5.76. The highest BCUT2D eigenvalue weighted by molar-refractivity contribution is 5.95. The Labute approximate surface area is 166 Å². The SMILES string of the molecule is COc1cc(OC)cc(C(=O)N2C[C@H]3CC[C@@H]2CN(Cc2ccccn2)C3)c1. The standard InChI is InChI=1S/C22H27N3O3/c1-27-20-9-17(10-21(11-20)28-2)22(26)25-13-16-6-7-19(25)15-24(12-16)14-18-5-3-4-8-23-18/h3-5,8-11,16,19H,6-7,12-15H2,1-2H3/t16-,19+/m0/s1. The Morgan fingerprint density at radius 2 is 1.86 bits per heavy atom. The minimum Gasteiger partial charge on any atom is -0.497 e. The summed E-state index contributed by atoms with van der Waals surface area (Å²) in [6.45, 7) is 3.54. The van der Waals surface area contributed by atoms with Crippen LogP contribution in [-0.2, 0) is 6.54 Å². The molecule has 5 rings (SSSR count). The molecule has 3 saturated heterocycles. The van der Waals surface area contributed by atoms with Crippen LogP contribution in [0.15, 0.2) is 42.6 Å². The molecule has 0 saturated carbocycles. The van der Waals surface area contributed by atoms with E-state index in [2.05, 4.69) is 20.9 Å². The first kappa shape index (κ1) is 18.7. The molecule has 1 aromatic carbocycles.